The standard InChI is InChI=1S/C24H26N6O3/c1-15(25)20(13-26-2)30-23-18-11-16(17-6-8-22(28-12-17)33-10-4-9-31)5-7-19(18)27-14-21(23)29(3)24(30)32/h5-8,11-14,31H,4,9-10,25H2,1-3H3. The molecule has 0 fully saturated rings. The average Bonchev–Trinajstić information content (AvgIpc) is 3.08. The van der Waals surface area contributed by atoms with Crippen LogP contribution in [0.3, 0.4) is 0 Å². The van der Waals surface area contributed by atoms with Crippen molar-refractivity contribution in [3.63, 3.8) is 0 Å². The van der Waals surface area contributed by atoms with Gasteiger partial charge in [0.25, 0.3) is 0 Å². The van der Waals surface area contributed by atoms with Crippen LogP contribution in [-0.2, 0) is 7.05 Å². The molecule has 0 amide bonds. The number of nitrogens with zero attached hydrogens (tertiary/aromatic N) is 5. The normalized spacial score (nSPS) is 12.6. The highest BCUT2D eigenvalue weighted by Crippen LogP contribution is 2.30. The molecular weight excluding hydrogens is 420 g/mol. The van der Waals surface area contributed by atoms with Gasteiger partial charge in [-0.3, -0.25) is 19.1 Å². The predicted octanol–water partition coefficient (Wildman–Crippen LogP) is 2.56. The second-order valence-electron chi connectivity index (χ2n) is 7.67. The maximum Gasteiger partial charge on any atom is 0.333 e. The van der Waals surface area contributed by atoms with Gasteiger partial charge in [0.1, 0.15) is 0 Å². The Morgan fingerprint density at radius 2 is 2.00 bits per heavy atom. The van der Waals surface area contributed by atoms with E-state index in [1.165, 1.54) is 0 Å². The van der Waals surface area contributed by atoms with Crippen molar-refractivity contribution >= 4 is 33.8 Å². The number of aliphatic hydroxyl groups is 1. The number of aromatic nitrogens is 4. The van der Waals surface area contributed by atoms with Crippen LogP contribution >= 0.6 is 0 Å². The Morgan fingerprint density at radius 1 is 1.21 bits per heavy atom. The van der Waals surface area contributed by atoms with E-state index in [1.54, 1.807) is 54.8 Å². The molecular formula is C24H26N6O3. The highest BCUT2D eigenvalue weighted by atomic mass is 16.5. The number of hydrogen-bond acceptors (Lipinski definition) is 7. The second-order valence-corrected chi connectivity index (χ2v) is 7.67. The molecule has 1 aromatic carbocycles. The monoisotopic (exact) mass is 446 g/mol. The van der Waals surface area contributed by atoms with Crippen molar-refractivity contribution in [2.24, 2.45) is 17.8 Å². The van der Waals surface area contributed by atoms with Gasteiger partial charge >= 0.3 is 5.69 Å². The fraction of sp³-hybridized carbons (Fsp3) is 0.250. The first-order chi connectivity index (χ1) is 16.0. The zero-order valence-corrected chi connectivity index (χ0v) is 18.8. The van der Waals surface area contributed by atoms with Crippen LogP contribution in [0.5, 0.6) is 5.88 Å². The molecule has 9 heteroatoms. The quantitative estimate of drug-likeness (QED) is 0.332. The predicted molar refractivity (Wildman–Crippen MR) is 130 cm³/mol. The molecule has 9 nitrogen and oxygen atoms in total. The minimum atomic E-state index is -0.226. The third-order valence-corrected chi connectivity index (χ3v) is 5.40. The fourth-order valence-corrected chi connectivity index (χ4v) is 3.74. The highest BCUT2D eigenvalue weighted by Gasteiger charge is 2.18. The number of ether oxygens (including phenoxy) is 1. The Hall–Kier alpha value is -3.98. The number of nitrogens with two attached hydrogens (primary N) is 1. The second kappa shape index (κ2) is 9.25. The highest BCUT2D eigenvalue weighted by molar-refractivity contribution is 6.11. The van der Waals surface area contributed by atoms with E-state index in [9.17, 15) is 4.79 Å². The third-order valence-electron chi connectivity index (χ3n) is 5.40. The van der Waals surface area contributed by atoms with E-state index in [1.807, 2.05) is 24.3 Å². The molecule has 0 saturated carbocycles. The maximum atomic E-state index is 13.2. The Bertz CT molecular complexity index is 1430. The lowest BCUT2D eigenvalue weighted by atomic mass is 10.0. The van der Waals surface area contributed by atoms with Crippen LogP contribution in [0.1, 0.15) is 13.3 Å². The number of fused-ring (bicyclic) bond motifs is 3. The van der Waals surface area contributed by atoms with Gasteiger partial charge in [0.15, 0.2) is 0 Å². The lowest BCUT2D eigenvalue weighted by Crippen LogP contribution is -2.23. The van der Waals surface area contributed by atoms with Gasteiger partial charge in [-0.1, -0.05) is 6.07 Å². The van der Waals surface area contributed by atoms with Crippen molar-refractivity contribution in [3.05, 3.63) is 58.9 Å². The molecule has 170 valence electrons. The summed E-state index contributed by atoms with van der Waals surface area (Å²) in [7, 11) is 3.35. The molecule has 0 aliphatic carbocycles. The smallest absolute Gasteiger partial charge is 0.333 e. The van der Waals surface area contributed by atoms with Crippen LogP contribution in [0.15, 0.2) is 58.2 Å². The van der Waals surface area contributed by atoms with E-state index in [4.69, 9.17) is 15.6 Å². The van der Waals surface area contributed by atoms with E-state index in [2.05, 4.69) is 15.0 Å². The van der Waals surface area contributed by atoms with Crippen molar-refractivity contribution in [1.82, 2.24) is 19.1 Å². The van der Waals surface area contributed by atoms with Gasteiger partial charge in [0, 0.05) is 62.2 Å². The molecule has 0 atom stereocenters. The number of pyridine rings is 2. The first-order valence-electron chi connectivity index (χ1n) is 10.6. The molecule has 4 rings (SSSR count). The van der Waals surface area contributed by atoms with Gasteiger partial charge in [-0.15, -0.1) is 0 Å². The number of rotatable bonds is 7. The van der Waals surface area contributed by atoms with Gasteiger partial charge in [-0.05, 0) is 30.7 Å². The molecule has 3 aromatic heterocycles. The van der Waals surface area contributed by atoms with Crippen molar-refractivity contribution < 1.29 is 9.84 Å². The number of aryl methyl sites for hydroxylation is 1. The van der Waals surface area contributed by atoms with Gasteiger partial charge < -0.3 is 15.6 Å². The van der Waals surface area contributed by atoms with Crippen molar-refractivity contribution in [2.45, 2.75) is 13.3 Å². The third kappa shape index (κ3) is 4.10. The molecule has 0 aliphatic heterocycles. The Labute approximate surface area is 190 Å². The van der Waals surface area contributed by atoms with Crippen LogP contribution < -0.4 is 16.2 Å². The zero-order chi connectivity index (χ0) is 23.5. The number of benzene rings is 1. The summed E-state index contributed by atoms with van der Waals surface area (Å²) in [4.78, 5) is 26.2. The van der Waals surface area contributed by atoms with E-state index < -0.39 is 0 Å². The minimum Gasteiger partial charge on any atom is -0.478 e. The number of hydrogen-bond donors (Lipinski definition) is 2. The maximum absolute atomic E-state index is 13.2. The van der Waals surface area contributed by atoms with E-state index >= 15 is 0 Å². The molecule has 0 bridgehead atoms. The van der Waals surface area contributed by atoms with E-state index in [0.717, 1.165) is 22.0 Å². The van der Waals surface area contributed by atoms with Crippen molar-refractivity contribution in [3.8, 4) is 17.0 Å². The zero-order valence-electron chi connectivity index (χ0n) is 18.8. The number of aliphatic imine (C=N–C) groups is 1. The average molecular weight is 447 g/mol. The number of imidazole rings is 1. The molecule has 0 saturated heterocycles. The lowest BCUT2D eigenvalue weighted by Gasteiger charge is -2.10. The van der Waals surface area contributed by atoms with Gasteiger partial charge in [-0.25, -0.2) is 9.78 Å². The summed E-state index contributed by atoms with van der Waals surface area (Å²) < 4.78 is 8.66. The summed E-state index contributed by atoms with van der Waals surface area (Å²) in [6, 6.07) is 9.60. The van der Waals surface area contributed by atoms with Crippen LogP contribution in [0, 0.1) is 0 Å². The fourth-order valence-electron chi connectivity index (χ4n) is 3.74. The first kappa shape index (κ1) is 22.2. The summed E-state index contributed by atoms with van der Waals surface area (Å²) in [5.74, 6) is 0.501. The summed E-state index contributed by atoms with van der Waals surface area (Å²) in [5.41, 5.74) is 10.9. The van der Waals surface area contributed by atoms with Gasteiger partial charge in [0.2, 0.25) is 5.88 Å². The number of aliphatic hydroxyl groups excluding tert-OH is 1. The van der Waals surface area contributed by atoms with E-state index in [-0.39, 0.29) is 12.3 Å². The molecule has 0 unspecified atom stereocenters. The largest absolute Gasteiger partial charge is 0.478 e. The summed E-state index contributed by atoms with van der Waals surface area (Å²) in [5, 5.41) is 9.70. The Balaban J connectivity index is 1.90. The molecule has 0 aliphatic rings. The topological polar surface area (TPSA) is 121 Å². The Morgan fingerprint density at radius 3 is 2.67 bits per heavy atom. The molecule has 0 spiro atoms. The lowest BCUT2D eigenvalue weighted by molar-refractivity contribution is 0.229. The van der Waals surface area contributed by atoms with Crippen molar-refractivity contribution in [1.29, 1.82) is 0 Å². The van der Waals surface area contributed by atoms with E-state index in [0.29, 0.717) is 41.3 Å². The minimum absolute atomic E-state index is 0.0763. The molecule has 3 heterocycles. The van der Waals surface area contributed by atoms with Crippen LogP contribution in [0.4, 0.5) is 0 Å². The molecule has 33 heavy (non-hydrogen) atoms. The Kier molecular flexibility index (Phi) is 6.23. The molecule has 4 aromatic rings. The summed E-state index contributed by atoms with van der Waals surface area (Å²) in [6.07, 6.45) is 5.57. The van der Waals surface area contributed by atoms with Crippen molar-refractivity contribution in [2.75, 3.05) is 20.3 Å². The molecule has 0 radical (unpaired) electrons. The first-order valence-corrected chi connectivity index (χ1v) is 10.6. The summed E-state index contributed by atoms with van der Waals surface area (Å²) >= 11 is 0. The molecule has 3 N–H and O–H groups in total. The van der Waals surface area contributed by atoms with Crippen LogP contribution in [0.2, 0.25) is 0 Å². The van der Waals surface area contributed by atoms with Gasteiger partial charge in [0.05, 0.1) is 35.1 Å². The van der Waals surface area contributed by atoms with Gasteiger partial charge in [-0.2, -0.15) is 0 Å². The van der Waals surface area contributed by atoms with Crippen LogP contribution in [0.25, 0.3) is 38.8 Å². The number of allylic oxidation sites excluding steroid dienone is 2. The summed E-state index contributed by atoms with van der Waals surface area (Å²) in [6.45, 7) is 2.23. The van der Waals surface area contributed by atoms with Crippen LogP contribution in [-0.4, -0.2) is 50.7 Å². The SMILES string of the molecule is CN=CC(=C(C)N)n1c(=O)n(C)c2cnc3ccc(-c4ccc(OCCCO)nc4)cc3c21.